The van der Waals surface area contributed by atoms with Gasteiger partial charge >= 0.3 is 0 Å². The van der Waals surface area contributed by atoms with Gasteiger partial charge in [-0.05, 0) is 63.4 Å². The maximum Gasteiger partial charge on any atom is 0.296 e. The van der Waals surface area contributed by atoms with E-state index in [0.29, 0.717) is 23.9 Å². The summed E-state index contributed by atoms with van der Waals surface area (Å²) in [5, 5.41) is 13.1. The lowest BCUT2D eigenvalue weighted by atomic mass is 9.77. The molecule has 2 bridgehead atoms. The molecule has 1 aliphatic carbocycles. The van der Waals surface area contributed by atoms with Gasteiger partial charge in [-0.15, -0.1) is 0 Å². The van der Waals surface area contributed by atoms with Gasteiger partial charge < -0.3 is 10.4 Å². The van der Waals surface area contributed by atoms with Gasteiger partial charge in [-0.3, -0.25) is 19.1 Å². The summed E-state index contributed by atoms with van der Waals surface area (Å²) in [6.07, 6.45) is 3.68. The Kier molecular flexibility index (Phi) is 4.90. The summed E-state index contributed by atoms with van der Waals surface area (Å²) >= 11 is 0. The Hall–Kier alpha value is -2.74. The third kappa shape index (κ3) is 3.31. The monoisotopic (exact) mass is 400 g/mol. The average molecular weight is 400 g/mol. The van der Waals surface area contributed by atoms with Gasteiger partial charge in [0.15, 0.2) is 5.69 Å². The van der Waals surface area contributed by atoms with Crippen LogP contribution < -0.4 is 10.9 Å². The minimum atomic E-state index is -0.625. The highest BCUT2D eigenvalue weighted by Gasteiger charge is 2.46. The topological polar surface area (TPSA) is 87.5 Å². The van der Waals surface area contributed by atoms with Crippen LogP contribution in [-0.4, -0.2) is 39.6 Å². The molecule has 1 aromatic heterocycles. The summed E-state index contributed by atoms with van der Waals surface area (Å²) in [6, 6.07) is 5.75. The maximum atomic E-state index is 13.0. The van der Waals surface area contributed by atoms with Crippen LogP contribution in [0.5, 0.6) is 5.75 Å². The zero-order chi connectivity index (χ0) is 20.8. The number of fused-ring (bicyclic) bond motifs is 2. The number of aromatic hydroxyl groups is 1. The molecule has 0 unspecified atom stereocenters. The Morgan fingerprint density at radius 1 is 1.31 bits per heavy atom. The average Bonchev–Trinajstić information content (AvgIpc) is 2.97. The molecule has 0 spiro atoms. The normalized spacial score (nSPS) is 23.0. The number of hydrogen-bond acceptors (Lipinski definition) is 5. The van der Waals surface area contributed by atoms with Crippen molar-refractivity contribution >= 4 is 5.91 Å². The standard InChI is InChI=1S/C21H25FN4O3/c1-25(2)21-9-7-14(8-10-21)12-26-19(29)17(27)16(24-20(21)26)18(28)23-11-13-3-5-15(22)6-4-13/h3-6,14,27H,7-12H2,1-2H3,(H,23,28). The van der Waals surface area contributed by atoms with Crippen LogP contribution in [0, 0.1) is 11.7 Å². The first-order chi connectivity index (χ1) is 13.8. The van der Waals surface area contributed by atoms with Crippen LogP contribution >= 0.6 is 0 Å². The van der Waals surface area contributed by atoms with Crippen LogP contribution in [0.25, 0.3) is 0 Å². The first kappa shape index (κ1) is 19.6. The van der Waals surface area contributed by atoms with Gasteiger partial charge in [-0.2, -0.15) is 0 Å². The Morgan fingerprint density at radius 3 is 2.59 bits per heavy atom. The Balaban J connectivity index is 1.70. The number of rotatable bonds is 4. The van der Waals surface area contributed by atoms with Gasteiger partial charge in [0.1, 0.15) is 11.6 Å². The Morgan fingerprint density at radius 2 is 1.97 bits per heavy atom. The first-order valence-electron chi connectivity index (χ1n) is 9.86. The molecule has 154 valence electrons. The number of carbonyl (C=O) groups excluding carboxylic acids is 1. The van der Waals surface area contributed by atoms with E-state index in [-0.39, 0.29) is 18.1 Å². The van der Waals surface area contributed by atoms with Gasteiger partial charge in [-0.25, -0.2) is 9.37 Å². The zero-order valence-corrected chi connectivity index (χ0v) is 16.6. The lowest BCUT2D eigenvalue weighted by Gasteiger charge is -2.41. The molecule has 0 radical (unpaired) electrons. The molecule has 7 nitrogen and oxygen atoms in total. The van der Waals surface area contributed by atoms with E-state index in [2.05, 4.69) is 15.2 Å². The number of halogens is 1. The summed E-state index contributed by atoms with van der Waals surface area (Å²) < 4.78 is 14.6. The number of nitrogens with zero attached hydrogens (tertiary/aromatic N) is 3. The van der Waals surface area contributed by atoms with Crippen molar-refractivity contribution in [2.45, 2.75) is 44.3 Å². The van der Waals surface area contributed by atoms with Crippen molar-refractivity contribution < 1.29 is 14.3 Å². The quantitative estimate of drug-likeness (QED) is 0.820. The van der Waals surface area contributed by atoms with Gasteiger partial charge in [-0.1, -0.05) is 12.1 Å². The van der Waals surface area contributed by atoms with E-state index in [0.717, 1.165) is 25.7 Å². The van der Waals surface area contributed by atoms with Crippen LogP contribution in [0.1, 0.15) is 47.6 Å². The molecule has 3 heterocycles. The second-order valence-electron chi connectivity index (χ2n) is 8.23. The summed E-state index contributed by atoms with van der Waals surface area (Å²) in [4.78, 5) is 32.3. The molecule has 2 aromatic rings. The van der Waals surface area contributed by atoms with Gasteiger partial charge in [0.25, 0.3) is 11.5 Å². The molecule has 1 fully saturated rings. The van der Waals surface area contributed by atoms with E-state index < -0.39 is 22.8 Å². The van der Waals surface area contributed by atoms with E-state index in [1.807, 2.05) is 14.1 Å². The van der Waals surface area contributed by atoms with Crippen LogP contribution in [0.2, 0.25) is 0 Å². The van der Waals surface area contributed by atoms with Crippen LogP contribution in [-0.2, 0) is 18.6 Å². The van der Waals surface area contributed by atoms with Crippen molar-refractivity contribution in [3.63, 3.8) is 0 Å². The summed E-state index contributed by atoms with van der Waals surface area (Å²) in [5.41, 5.74) is -0.544. The minimum absolute atomic E-state index is 0.138. The molecular weight excluding hydrogens is 375 g/mol. The summed E-state index contributed by atoms with van der Waals surface area (Å²) in [6.45, 7) is 0.654. The van der Waals surface area contributed by atoms with Crippen molar-refractivity contribution in [3.05, 3.63) is 57.5 Å². The maximum absolute atomic E-state index is 13.0. The van der Waals surface area contributed by atoms with Crippen molar-refractivity contribution in [2.24, 2.45) is 5.92 Å². The summed E-state index contributed by atoms with van der Waals surface area (Å²) in [5.74, 6) is -0.679. The SMILES string of the molecule is CN(C)C12CCC(CC1)Cn1c2nc(C(=O)NCc2ccc(F)cc2)c(O)c1=O. The number of aromatic nitrogens is 2. The molecule has 0 saturated heterocycles. The highest BCUT2D eigenvalue weighted by molar-refractivity contribution is 5.94. The molecule has 1 saturated carbocycles. The number of benzene rings is 1. The van der Waals surface area contributed by atoms with Crippen molar-refractivity contribution in [1.82, 2.24) is 19.8 Å². The second kappa shape index (κ2) is 7.26. The van der Waals surface area contributed by atoms with E-state index in [1.165, 1.54) is 12.1 Å². The van der Waals surface area contributed by atoms with E-state index in [4.69, 9.17) is 0 Å². The number of carbonyl (C=O) groups is 1. The van der Waals surface area contributed by atoms with E-state index in [9.17, 15) is 19.1 Å². The van der Waals surface area contributed by atoms with Gasteiger partial charge in [0.2, 0.25) is 5.75 Å². The largest absolute Gasteiger partial charge is 0.501 e. The molecule has 1 amide bonds. The lowest BCUT2D eigenvalue weighted by molar-refractivity contribution is 0.0804. The number of nitrogens with one attached hydrogen (secondary N) is 1. The summed E-state index contributed by atoms with van der Waals surface area (Å²) in [7, 11) is 3.92. The molecule has 8 heteroatoms. The van der Waals surface area contributed by atoms with Gasteiger partial charge in [0, 0.05) is 13.1 Å². The zero-order valence-electron chi connectivity index (χ0n) is 16.6. The van der Waals surface area contributed by atoms with Crippen LogP contribution in [0.15, 0.2) is 29.1 Å². The predicted octanol–water partition coefficient (Wildman–Crippen LogP) is 1.98. The molecule has 2 aliphatic heterocycles. The fourth-order valence-corrected chi connectivity index (χ4v) is 4.56. The second-order valence-corrected chi connectivity index (χ2v) is 8.23. The van der Waals surface area contributed by atoms with Crippen molar-refractivity contribution in [1.29, 1.82) is 0 Å². The van der Waals surface area contributed by atoms with Crippen molar-refractivity contribution in [3.8, 4) is 5.75 Å². The Bertz CT molecular complexity index is 992. The predicted molar refractivity (Wildman–Crippen MR) is 105 cm³/mol. The molecule has 1 aromatic carbocycles. The van der Waals surface area contributed by atoms with Crippen LogP contribution in [0.3, 0.4) is 0 Å². The third-order valence-electron chi connectivity index (χ3n) is 6.37. The van der Waals surface area contributed by atoms with Crippen LogP contribution in [0.4, 0.5) is 4.39 Å². The minimum Gasteiger partial charge on any atom is -0.501 e. The smallest absolute Gasteiger partial charge is 0.296 e. The highest BCUT2D eigenvalue weighted by Crippen LogP contribution is 2.45. The lowest BCUT2D eigenvalue weighted by Crippen LogP contribution is -2.46. The van der Waals surface area contributed by atoms with Crippen molar-refractivity contribution in [2.75, 3.05) is 14.1 Å². The molecular formula is C21H25FN4O3. The number of hydrogen-bond donors (Lipinski definition) is 2. The molecule has 2 N–H and O–H groups in total. The van der Waals surface area contributed by atoms with E-state index >= 15 is 0 Å². The first-order valence-corrected chi connectivity index (χ1v) is 9.86. The Labute approximate surface area is 168 Å². The number of amides is 1. The molecule has 0 atom stereocenters. The fourth-order valence-electron chi connectivity index (χ4n) is 4.56. The molecule has 3 aliphatic rings. The highest BCUT2D eigenvalue weighted by atomic mass is 19.1. The fraction of sp³-hybridized carbons (Fsp3) is 0.476. The molecule has 5 rings (SSSR count). The molecule has 29 heavy (non-hydrogen) atoms. The van der Waals surface area contributed by atoms with Gasteiger partial charge in [0.05, 0.1) is 5.54 Å². The van der Waals surface area contributed by atoms with E-state index in [1.54, 1.807) is 16.7 Å². The third-order valence-corrected chi connectivity index (χ3v) is 6.37.